The van der Waals surface area contributed by atoms with Gasteiger partial charge in [-0.2, -0.15) is 0 Å². The number of rotatable bonds is 23. The molecule has 1 aliphatic heterocycles. The minimum Gasteiger partial charge on any atom is -0.496 e. The lowest BCUT2D eigenvalue weighted by molar-refractivity contribution is -0.384. The number of nitro groups is 1. The zero-order chi connectivity index (χ0) is 41.0. The van der Waals surface area contributed by atoms with Crippen LogP contribution in [0.25, 0.3) is 33.4 Å². The highest BCUT2D eigenvalue weighted by Gasteiger charge is 2.22. The maximum absolute atomic E-state index is 11.0. The minimum absolute atomic E-state index is 0.0999. The van der Waals surface area contributed by atoms with Gasteiger partial charge in [0, 0.05) is 92.6 Å². The quantitative estimate of drug-likeness (QED) is 0.0298. The highest BCUT2D eigenvalue weighted by Crippen LogP contribution is 2.45. The molecule has 1 heterocycles. The Kier molecular flexibility index (Phi) is 19.0. The predicted molar refractivity (Wildman–Crippen MR) is 228 cm³/mol. The van der Waals surface area contributed by atoms with Crippen molar-refractivity contribution in [3.63, 3.8) is 0 Å². The molecular formula is C46H61N3O8. The monoisotopic (exact) mass is 783 g/mol. The Hall–Kier alpha value is -4.81. The highest BCUT2D eigenvalue weighted by molar-refractivity contribution is 6.04. The fraction of sp³-hybridized carbons (Fsp3) is 0.457. The molecule has 0 atom stereocenters. The Balaban J connectivity index is 0.000000408. The first-order valence-corrected chi connectivity index (χ1v) is 20.1. The summed E-state index contributed by atoms with van der Waals surface area (Å²) >= 11 is 0. The molecule has 3 aromatic carbocycles. The van der Waals surface area contributed by atoms with Crippen molar-refractivity contribution >= 4 is 22.3 Å². The summed E-state index contributed by atoms with van der Waals surface area (Å²) in [6.07, 6.45) is 6.24. The van der Waals surface area contributed by atoms with E-state index in [1.807, 2.05) is 18.2 Å². The third kappa shape index (κ3) is 13.1. The molecule has 11 nitrogen and oxygen atoms in total. The van der Waals surface area contributed by atoms with E-state index in [4.69, 9.17) is 33.5 Å². The second kappa shape index (κ2) is 24.1. The molecule has 0 spiro atoms. The summed E-state index contributed by atoms with van der Waals surface area (Å²) < 4.78 is 32.8. The van der Waals surface area contributed by atoms with Gasteiger partial charge in [0.2, 0.25) is 0 Å². The molecule has 1 aliphatic carbocycles. The molecule has 0 fully saturated rings. The normalized spacial score (nSPS) is 11.2. The van der Waals surface area contributed by atoms with Gasteiger partial charge in [0.05, 0.1) is 43.8 Å². The lowest BCUT2D eigenvalue weighted by atomic mass is 9.89. The molecule has 308 valence electrons. The molecule has 0 radical (unpaired) electrons. The average molecular weight is 784 g/mol. The number of hydrogen-bond acceptors (Lipinski definition) is 10. The number of hydrogen-bond donors (Lipinski definition) is 1. The zero-order valence-corrected chi connectivity index (χ0v) is 34.6. The molecule has 0 bridgehead atoms. The number of nitrogens with zero attached hydrogens (tertiary/aromatic N) is 2. The SMILES string of the molecule is CCC(CC)c1ccc(-c2c3ccc(=N)cc-3oc3cc(N(CC)CCc4ccc([N+](=O)[O-])cc4)ccc23)c(OC)c1.COCCOCCCCCOCCOC. The first-order chi connectivity index (χ1) is 27.8. The molecule has 3 aromatic rings. The Morgan fingerprint density at radius 2 is 1.42 bits per heavy atom. The van der Waals surface area contributed by atoms with Crippen molar-refractivity contribution in [1.29, 1.82) is 5.41 Å². The summed E-state index contributed by atoms with van der Waals surface area (Å²) in [5.74, 6) is 1.96. The summed E-state index contributed by atoms with van der Waals surface area (Å²) in [5.41, 5.74) is 7.14. The number of fused-ring (bicyclic) bond motifs is 2. The second-order valence-electron chi connectivity index (χ2n) is 13.9. The van der Waals surface area contributed by atoms with E-state index in [9.17, 15) is 10.1 Å². The summed E-state index contributed by atoms with van der Waals surface area (Å²) in [5, 5.41) is 20.6. The van der Waals surface area contributed by atoms with E-state index in [0.717, 1.165) is 109 Å². The van der Waals surface area contributed by atoms with Gasteiger partial charge in [-0.3, -0.25) is 10.1 Å². The van der Waals surface area contributed by atoms with E-state index < -0.39 is 0 Å². The lowest BCUT2D eigenvalue weighted by Crippen LogP contribution is -2.25. The summed E-state index contributed by atoms with van der Waals surface area (Å²) in [6.45, 7) is 12.5. The van der Waals surface area contributed by atoms with Gasteiger partial charge in [0.1, 0.15) is 17.1 Å². The van der Waals surface area contributed by atoms with Gasteiger partial charge < -0.3 is 38.4 Å². The molecule has 0 saturated heterocycles. The predicted octanol–water partition coefficient (Wildman–Crippen LogP) is 10.1. The third-order valence-corrected chi connectivity index (χ3v) is 10.2. The van der Waals surface area contributed by atoms with E-state index in [0.29, 0.717) is 43.5 Å². The molecule has 0 unspecified atom stereocenters. The van der Waals surface area contributed by atoms with Crippen LogP contribution in [0.2, 0.25) is 0 Å². The Bertz CT molecular complexity index is 1960. The van der Waals surface area contributed by atoms with Crippen molar-refractivity contribution < 1.29 is 33.0 Å². The van der Waals surface area contributed by atoms with Gasteiger partial charge in [-0.25, -0.2) is 0 Å². The third-order valence-electron chi connectivity index (χ3n) is 10.2. The first-order valence-electron chi connectivity index (χ1n) is 20.1. The number of non-ortho nitro benzene ring substituents is 1. The minimum atomic E-state index is -0.376. The van der Waals surface area contributed by atoms with Gasteiger partial charge in [0.25, 0.3) is 5.69 Å². The van der Waals surface area contributed by atoms with Crippen LogP contribution < -0.4 is 15.0 Å². The van der Waals surface area contributed by atoms with E-state index in [2.05, 4.69) is 62.1 Å². The molecule has 0 aromatic heterocycles. The van der Waals surface area contributed by atoms with E-state index in [-0.39, 0.29) is 10.6 Å². The average Bonchev–Trinajstić information content (AvgIpc) is 3.23. The van der Waals surface area contributed by atoms with Crippen LogP contribution in [0.15, 0.2) is 83.3 Å². The van der Waals surface area contributed by atoms with Crippen LogP contribution in [0.4, 0.5) is 11.4 Å². The molecule has 5 rings (SSSR count). The Labute approximate surface area is 337 Å². The Morgan fingerprint density at radius 1 is 0.754 bits per heavy atom. The Morgan fingerprint density at radius 3 is 2.02 bits per heavy atom. The number of ether oxygens (including phenoxy) is 5. The van der Waals surface area contributed by atoms with Crippen LogP contribution in [0.5, 0.6) is 5.75 Å². The number of likely N-dealkylation sites (N-methyl/N-ethyl adjacent to an activating group) is 1. The zero-order valence-electron chi connectivity index (χ0n) is 34.6. The van der Waals surface area contributed by atoms with Crippen LogP contribution >= 0.6 is 0 Å². The smallest absolute Gasteiger partial charge is 0.269 e. The molecule has 1 N–H and O–H groups in total. The van der Waals surface area contributed by atoms with Gasteiger partial charge in [0.15, 0.2) is 0 Å². The largest absolute Gasteiger partial charge is 0.496 e. The number of unbranched alkanes of at least 4 members (excludes halogenated alkanes) is 2. The molecule has 11 heteroatoms. The number of methoxy groups -OCH3 is 3. The van der Waals surface area contributed by atoms with Crippen molar-refractivity contribution in [2.75, 3.05) is 79.0 Å². The number of anilines is 1. The topological polar surface area (TPSA) is 130 Å². The molecule has 2 aliphatic rings. The fourth-order valence-electron chi connectivity index (χ4n) is 6.89. The van der Waals surface area contributed by atoms with Crippen molar-refractivity contribution in [1.82, 2.24) is 0 Å². The second-order valence-corrected chi connectivity index (χ2v) is 13.9. The summed E-state index contributed by atoms with van der Waals surface area (Å²) in [4.78, 5) is 12.9. The van der Waals surface area contributed by atoms with Crippen LogP contribution in [0.3, 0.4) is 0 Å². The number of nitro benzene ring substituents is 1. The van der Waals surface area contributed by atoms with Crippen LogP contribution in [-0.4, -0.2) is 79.0 Å². The molecule has 57 heavy (non-hydrogen) atoms. The van der Waals surface area contributed by atoms with Crippen molar-refractivity contribution in [2.45, 2.75) is 65.2 Å². The van der Waals surface area contributed by atoms with E-state index in [1.165, 1.54) is 5.56 Å². The summed E-state index contributed by atoms with van der Waals surface area (Å²) in [7, 11) is 5.08. The lowest BCUT2D eigenvalue weighted by Gasteiger charge is -2.24. The van der Waals surface area contributed by atoms with Crippen molar-refractivity contribution in [2.24, 2.45) is 0 Å². The van der Waals surface area contributed by atoms with Crippen molar-refractivity contribution in [3.05, 3.63) is 105 Å². The maximum Gasteiger partial charge on any atom is 0.269 e. The van der Waals surface area contributed by atoms with Gasteiger partial charge >= 0.3 is 0 Å². The van der Waals surface area contributed by atoms with Crippen LogP contribution in [0.1, 0.15) is 69.9 Å². The van der Waals surface area contributed by atoms with E-state index >= 15 is 0 Å². The van der Waals surface area contributed by atoms with Crippen LogP contribution in [0, 0.1) is 15.5 Å². The molecule has 0 saturated carbocycles. The number of benzene rings is 4. The van der Waals surface area contributed by atoms with Gasteiger partial charge in [-0.05, 0) is 92.8 Å². The first kappa shape index (κ1) is 44.9. The van der Waals surface area contributed by atoms with E-state index in [1.54, 1.807) is 45.6 Å². The molecular weight excluding hydrogens is 723 g/mol. The fourth-order valence-corrected chi connectivity index (χ4v) is 6.89. The molecule has 0 amide bonds. The summed E-state index contributed by atoms with van der Waals surface area (Å²) in [6, 6.07) is 25.1. The maximum atomic E-state index is 11.0. The van der Waals surface area contributed by atoms with Crippen LogP contribution in [-0.2, 0) is 25.4 Å². The van der Waals surface area contributed by atoms with Gasteiger partial charge in [-0.1, -0.05) is 38.1 Å². The number of nitrogens with one attached hydrogen (secondary N) is 1. The highest BCUT2D eigenvalue weighted by atomic mass is 16.6. The van der Waals surface area contributed by atoms with Gasteiger partial charge in [-0.15, -0.1) is 0 Å². The standard InChI is InChI=1S/C35H37N3O4.C11H24O4/c1-5-24(6-2)25-10-15-29(32(20-25)41-4)35-30-16-11-26(36)21-33(30)42-34-22-28(14-17-31(34)35)37(7-3)19-18-23-8-12-27(13-9-23)38(39)40;1-12-8-10-14-6-4-3-5-7-15-11-9-13-2/h8-17,20-22,24,36H,5-7,18-19H2,1-4H3;3-11H2,1-2H3. The van der Waals surface area contributed by atoms with Crippen molar-refractivity contribution in [3.8, 4) is 28.2 Å².